The zero-order chi connectivity index (χ0) is 9.03. The van der Waals surface area contributed by atoms with Crippen LogP contribution in [0.5, 0.6) is 0 Å². The van der Waals surface area contributed by atoms with Gasteiger partial charge in [0.2, 0.25) is 0 Å². The molecule has 0 spiro atoms. The van der Waals surface area contributed by atoms with E-state index in [1.807, 2.05) is 0 Å². The van der Waals surface area contributed by atoms with Crippen LogP contribution >= 0.6 is 0 Å². The van der Waals surface area contributed by atoms with Gasteiger partial charge in [-0.25, -0.2) is 0 Å². The van der Waals surface area contributed by atoms with Crippen molar-refractivity contribution in [3.05, 3.63) is 48.6 Å². The summed E-state index contributed by atoms with van der Waals surface area (Å²) in [6, 6.07) is 8.23. The Labute approximate surface area is 108 Å². The van der Waals surface area contributed by atoms with E-state index in [0.29, 0.717) is 0 Å². The van der Waals surface area contributed by atoms with Crippen LogP contribution in [0, 0.1) is 0 Å². The molecule has 1 aromatic carbocycles. The van der Waals surface area contributed by atoms with E-state index in [9.17, 15) is 10.2 Å². The molecule has 1 aromatic rings. The summed E-state index contributed by atoms with van der Waals surface area (Å²) in [6.07, 6.45) is 1.27. The zero-order valence-electron chi connectivity index (χ0n) is 8.69. The summed E-state index contributed by atoms with van der Waals surface area (Å²) in [5.41, 5.74) is 0.268. The van der Waals surface area contributed by atoms with Crippen molar-refractivity contribution < 1.29 is 47.9 Å². The summed E-state index contributed by atoms with van der Waals surface area (Å²) < 4.78 is 0. The van der Waals surface area contributed by atoms with Gasteiger partial charge in [-0.2, -0.15) is 5.79 Å². The van der Waals surface area contributed by atoms with Crippen molar-refractivity contribution in [1.82, 2.24) is 0 Å². The molecule has 0 unspecified atom stereocenters. The summed E-state index contributed by atoms with van der Waals surface area (Å²) in [7, 11) is 0. The molecule has 0 aliphatic carbocycles. The third kappa shape index (κ3) is 4.53. The van der Waals surface area contributed by atoms with Crippen molar-refractivity contribution in [2.45, 2.75) is 12.2 Å². The first-order chi connectivity index (χ1) is 5.67. The fourth-order valence-corrected chi connectivity index (χ4v) is 1.000. The Morgan fingerprint density at radius 2 is 1.64 bits per heavy atom. The molecular formula is C10H10Li2O2. The topological polar surface area (TPSA) is 46.1 Å². The van der Waals surface area contributed by atoms with Crippen LogP contribution in [-0.2, 0) is 5.79 Å². The summed E-state index contributed by atoms with van der Waals surface area (Å²) in [6.45, 7) is 3.37. The number of hydrogen-bond donors (Lipinski definition) is 0. The molecule has 0 heterocycles. The van der Waals surface area contributed by atoms with Crippen LogP contribution in [-0.4, -0.2) is 0 Å². The molecule has 64 valence electrons. The van der Waals surface area contributed by atoms with Crippen LogP contribution in [0.4, 0.5) is 0 Å². The Morgan fingerprint density at radius 1 is 1.14 bits per heavy atom. The monoisotopic (exact) mass is 176 g/mol. The molecule has 0 amide bonds. The van der Waals surface area contributed by atoms with E-state index in [1.165, 1.54) is 6.08 Å². The van der Waals surface area contributed by atoms with E-state index in [4.69, 9.17) is 0 Å². The molecule has 0 aliphatic rings. The third-order valence-corrected chi connectivity index (χ3v) is 1.63. The van der Waals surface area contributed by atoms with Crippen molar-refractivity contribution in [2.75, 3.05) is 0 Å². The quantitative estimate of drug-likeness (QED) is 0.261. The molecule has 1 rings (SSSR count). The van der Waals surface area contributed by atoms with Crippen LogP contribution in [0.15, 0.2) is 43.0 Å². The largest absolute Gasteiger partial charge is 1.00 e. The molecule has 0 fully saturated rings. The van der Waals surface area contributed by atoms with Crippen molar-refractivity contribution >= 4 is 0 Å². The van der Waals surface area contributed by atoms with Gasteiger partial charge in [0.1, 0.15) is 0 Å². The number of benzene rings is 1. The van der Waals surface area contributed by atoms with E-state index >= 15 is 0 Å². The summed E-state index contributed by atoms with van der Waals surface area (Å²) in [5, 5.41) is 22.6. The SMILES string of the molecule is C=CCC([O-])([O-])c1ccccc1.[Li+].[Li+]. The van der Waals surface area contributed by atoms with Gasteiger partial charge in [0.25, 0.3) is 0 Å². The molecule has 0 bridgehead atoms. The average Bonchev–Trinajstić information content (AvgIpc) is 2.06. The predicted octanol–water partition coefficient (Wildman–Crippen LogP) is -5.86. The molecule has 4 heteroatoms. The van der Waals surface area contributed by atoms with Gasteiger partial charge in [0.05, 0.1) is 0 Å². The van der Waals surface area contributed by atoms with Crippen molar-refractivity contribution in [2.24, 2.45) is 0 Å². The van der Waals surface area contributed by atoms with Gasteiger partial charge in [0, 0.05) is 0 Å². The summed E-state index contributed by atoms with van der Waals surface area (Å²) in [5.74, 6) is -2.27. The molecule has 0 aliphatic heterocycles. The molecule has 0 radical (unpaired) electrons. The van der Waals surface area contributed by atoms with Crippen LogP contribution in [0.25, 0.3) is 0 Å². The molecule has 0 N–H and O–H groups in total. The van der Waals surface area contributed by atoms with Crippen LogP contribution < -0.4 is 47.9 Å². The number of hydrogen-bond acceptors (Lipinski definition) is 2. The minimum atomic E-state index is -2.27. The van der Waals surface area contributed by atoms with Crippen LogP contribution in [0.3, 0.4) is 0 Å². The molecular weight excluding hydrogens is 166 g/mol. The first kappa shape index (κ1) is 16.5. The number of rotatable bonds is 3. The fourth-order valence-electron chi connectivity index (χ4n) is 1.000. The average molecular weight is 176 g/mol. The molecule has 2 nitrogen and oxygen atoms in total. The maximum atomic E-state index is 11.3. The van der Waals surface area contributed by atoms with Gasteiger partial charge < -0.3 is 10.2 Å². The van der Waals surface area contributed by atoms with E-state index in [-0.39, 0.29) is 49.7 Å². The van der Waals surface area contributed by atoms with Crippen LogP contribution in [0.2, 0.25) is 0 Å². The first-order valence-corrected chi connectivity index (χ1v) is 3.74. The van der Waals surface area contributed by atoms with Crippen molar-refractivity contribution in [3.63, 3.8) is 0 Å². The molecule has 0 saturated carbocycles. The van der Waals surface area contributed by atoms with Crippen LogP contribution in [0.1, 0.15) is 12.0 Å². The maximum Gasteiger partial charge on any atom is 1.00 e. The van der Waals surface area contributed by atoms with E-state index in [0.717, 1.165) is 0 Å². The Morgan fingerprint density at radius 3 is 2.07 bits per heavy atom. The third-order valence-electron chi connectivity index (χ3n) is 1.63. The maximum absolute atomic E-state index is 11.3. The Kier molecular flexibility index (Phi) is 8.70. The Balaban J connectivity index is 0. The normalized spacial score (nSPS) is 9.57. The van der Waals surface area contributed by atoms with E-state index in [1.54, 1.807) is 30.3 Å². The van der Waals surface area contributed by atoms with E-state index < -0.39 is 5.79 Å². The minimum absolute atomic E-state index is 0. The van der Waals surface area contributed by atoms with Gasteiger partial charge in [0.15, 0.2) is 0 Å². The predicted molar refractivity (Wildman–Crippen MR) is 42.9 cm³/mol. The van der Waals surface area contributed by atoms with Gasteiger partial charge in [-0.15, -0.1) is 6.58 Å². The minimum Gasteiger partial charge on any atom is -0.859 e. The molecule has 0 saturated heterocycles. The van der Waals surface area contributed by atoms with E-state index in [2.05, 4.69) is 6.58 Å². The summed E-state index contributed by atoms with van der Waals surface area (Å²) in [4.78, 5) is 0. The molecule has 0 aromatic heterocycles. The van der Waals surface area contributed by atoms with Gasteiger partial charge in [-0.3, -0.25) is 0 Å². The second-order valence-electron chi connectivity index (χ2n) is 2.61. The second-order valence-corrected chi connectivity index (χ2v) is 2.61. The Bertz CT molecular complexity index is 260. The smallest absolute Gasteiger partial charge is 0.859 e. The molecule has 0 atom stereocenters. The van der Waals surface area contributed by atoms with Gasteiger partial charge >= 0.3 is 37.7 Å². The van der Waals surface area contributed by atoms with Crippen molar-refractivity contribution in [1.29, 1.82) is 0 Å². The standard InChI is InChI=1S/C10H10O2.2Li/c1-2-8-10(11,12)9-6-4-3-5-7-9;;/h2-7H,1,8H2;;/q-2;2*+1. The van der Waals surface area contributed by atoms with Crippen molar-refractivity contribution in [3.8, 4) is 0 Å². The van der Waals surface area contributed by atoms with Gasteiger partial charge in [-0.1, -0.05) is 48.4 Å². The first-order valence-electron chi connectivity index (χ1n) is 3.74. The summed E-state index contributed by atoms with van der Waals surface area (Å²) >= 11 is 0. The molecule has 14 heavy (non-hydrogen) atoms. The second kappa shape index (κ2) is 7.38. The fraction of sp³-hybridized carbons (Fsp3) is 0.200. The Hall–Kier alpha value is 0.0748. The van der Waals surface area contributed by atoms with Gasteiger partial charge in [-0.05, 0) is 0 Å². The zero-order valence-corrected chi connectivity index (χ0v) is 8.69.